The molecule has 0 spiro atoms. The van der Waals surface area contributed by atoms with Crippen molar-refractivity contribution in [3.05, 3.63) is 46.6 Å². The maximum Gasteiger partial charge on any atom is 0.321 e. The summed E-state index contributed by atoms with van der Waals surface area (Å²) in [5.41, 5.74) is 0.682. The van der Waals surface area contributed by atoms with Crippen molar-refractivity contribution in [2.75, 3.05) is 12.4 Å². The number of nitrogens with zero attached hydrogens (tertiary/aromatic N) is 1. The third-order valence-electron chi connectivity index (χ3n) is 3.08. The lowest BCUT2D eigenvalue weighted by molar-refractivity contribution is -0.120. The highest BCUT2D eigenvalue weighted by Gasteiger charge is 2.15. The number of benzene rings is 1. The summed E-state index contributed by atoms with van der Waals surface area (Å²) in [6.07, 6.45) is 1.44. The van der Waals surface area contributed by atoms with Gasteiger partial charge in [0.2, 0.25) is 11.8 Å². The van der Waals surface area contributed by atoms with Gasteiger partial charge in [-0.1, -0.05) is 23.2 Å². The fourth-order valence-corrected chi connectivity index (χ4v) is 2.22. The summed E-state index contributed by atoms with van der Waals surface area (Å²) in [4.78, 5) is 26.9. The Morgan fingerprint density at radius 3 is 2.48 bits per heavy atom. The van der Waals surface area contributed by atoms with Crippen LogP contribution < -0.4 is 20.7 Å². The minimum atomic E-state index is -0.601. The Hall–Kier alpha value is -2.51. The molecule has 7 nitrogen and oxygen atoms in total. The van der Waals surface area contributed by atoms with E-state index in [-0.39, 0.29) is 5.88 Å². The van der Waals surface area contributed by atoms with E-state index in [1.54, 1.807) is 31.2 Å². The highest BCUT2D eigenvalue weighted by molar-refractivity contribution is 6.35. The van der Waals surface area contributed by atoms with Crippen molar-refractivity contribution >= 4 is 40.8 Å². The van der Waals surface area contributed by atoms with Gasteiger partial charge < -0.3 is 15.4 Å². The second-order valence-electron chi connectivity index (χ2n) is 5.00. The van der Waals surface area contributed by atoms with Crippen LogP contribution in [0.15, 0.2) is 36.5 Å². The fourth-order valence-electron chi connectivity index (χ4n) is 1.81. The van der Waals surface area contributed by atoms with E-state index in [1.807, 2.05) is 0 Å². The molecular weight excluding hydrogens is 367 g/mol. The summed E-state index contributed by atoms with van der Waals surface area (Å²) < 4.78 is 5.58. The van der Waals surface area contributed by atoms with Gasteiger partial charge in [-0.3, -0.25) is 10.1 Å². The van der Waals surface area contributed by atoms with E-state index in [9.17, 15) is 9.59 Å². The summed E-state index contributed by atoms with van der Waals surface area (Å²) in [5, 5.41) is 8.20. The number of carbonyl (C=O) groups is 2. The number of amides is 3. The average molecular weight is 383 g/mol. The molecule has 132 valence electrons. The molecule has 1 aromatic carbocycles. The molecule has 0 aliphatic rings. The van der Waals surface area contributed by atoms with Gasteiger partial charge in [0.15, 0.2) is 0 Å². The van der Waals surface area contributed by atoms with Crippen molar-refractivity contribution in [3.63, 3.8) is 0 Å². The Morgan fingerprint density at radius 2 is 1.88 bits per heavy atom. The zero-order valence-corrected chi connectivity index (χ0v) is 15.0. The Labute approximate surface area is 154 Å². The monoisotopic (exact) mass is 382 g/mol. The third kappa shape index (κ3) is 5.51. The molecule has 1 atom stereocenters. The van der Waals surface area contributed by atoms with Gasteiger partial charge in [-0.15, -0.1) is 0 Å². The molecule has 2 aromatic rings. The normalized spacial score (nSPS) is 11.4. The highest BCUT2D eigenvalue weighted by Crippen LogP contribution is 2.29. The Balaban J connectivity index is 1.97. The van der Waals surface area contributed by atoms with E-state index in [0.717, 1.165) is 0 Å². The molecule has 0 saturated heterocycles. The van der Waals surface area contributed by atoms with Gasteiger partial charge in [-0.05, 0) is 37.3 Å². The van der Waals surface area contributed by atoms with E-state index in [1.165, 1.54) is 19.3 Å². The minimum Gasteiger partial charge on any atom is -0.438 e. The smallest absolute Gasteiger partial charge is 0.321 e. The molecule has 0 bridgehead atoms. The summed E-state index contributed by atoms with van der Waals surface area (Å²) in [5.74, 6) is 0.312. The number of hydrogen-bond acceptors (Lipinski definition) is 5. The van der Waals surface area contributed by atoms with Crippen LogP contribution in [0, 0.1) is 0 Å². The van der Waals surface area contributed by atoms with Crippen molar-refractivity contribution in [2.24, 2.45) is 0 Å². The maximum atomic E-state index is 11.8. The van der Waals surface area contributed by atoms with Crippen LogP contribution in [0.5, 0.6) is 11.6 Å². The van der Waals surface area contributed by atoms with Gasteiger partial charge in [0.1, 0.15) is 16.8 Å². The number of hydrogen-bond donors (Lipinski definition) is 3. The number of pyridine rings is 1. The van der Waals surface area contributed by atoms with Crippen molar-refractivity contribution in [1.29, 1.82) is 0 Å². The molecule has 3 N–H and O–H groups in total. The first-order valence-corrected chi connectivity index (χ1v) is 8.02. The SMILES string of the molecule is CNC(=O)NC(=O)C(C)Nc1ccc(Oc2ncc(Cl)cc2Cl)cc1. The zero-order valence-electron chi connectivity index (χ0n) is 13.5. The van der Waals surface area contributed by atoms with Crippen LogP contribution in [-0.4, -0.2) is 30.0 Å². The van der Waals surface area contributed by atoms with Crippen LogP contribution >= 0.6 is 23.2 Å². The first-order chi connectivity index (χ1) is 11.9. The highest BCUT2D eigenvalue weighted by atomic mass is 35.5. The van der Waals surface area contributed by atoms with Crippen LogP contribution in [-0.2, 0) is 4.79 Å². The molecule has 0 saturated carbocycles. The molecule has 2 rings (SSSR count). The quantitative estimate of drug-likeness (QED) is 0.736. The molecule has 1 aromatic heterocycles. The lowest BCUT2D eigenvalue weighted by Gasteiger charge is -2.15. The van der Waals surface area contributed by atoms with E-state index >= 15 is 0 Å². The third-order valence-corrected chi connectivity index (χ3v) is 3.56. The fraction of sp³-hybridized carbons (Fsp3) is 0.188. The molecule has 0 fully saturated rings. The molecule has 1 unspecified atom stereocenters. The van der Waals surface area contributed by atoms with Crippen LogP contribution in [0.25, 0.3) is 0 Å². The minimum absolute atomic E-state index is 0.241. The van der Waals surface area contributed by atoms with Crippen LogP contribution in [0.1, 0.15) is 6.92 Å². The number of halogens is 2. The Kier molecular flexibility index (Phi) is 6.44. The summed E-state index contributed by atoms with van der Waals surface area (Å²) in [6.45, 7) is 1.64. The van der Waals surface area contributed by atoms with E-state index in [2.05, 4.69) is 20.9 Å². The molecule has 0 aliphatic heterocycles. The van der Waals surface area contributed by atoms with E-state index in [0.29, 0.717) is 21.5 Å². The predicted molar refractivity (Wildman–Crippen MR) is 96.5 cm³/mol. The van der Waals surface area contributed by atoms with Gasteiger partial charge in [0, 0.05) is 18.9 Å². The number of ether oxygens (including phenoxy) is 1. The van der Waals surface area contributed by atoms with Crippen molar-refractivity contribution in [2.45, 2.75) is 13.0 Å². The van der Waals surface area contributed by atoms with Gasteiger partial charge in [0.25, 0.3) is 0 Å². The van der Waals surface area contributed by atoms with Crippen molar-refractivity contribution in [3.8, 4) is 11.6 Å². The molecule has 9 heteroatoms. The van der Waals surface area contributed by atoms with Crippen LogP contribution in [0.3, 0.4) is 0 Å². The summed E-state index contributed by atoms with van der Waals surface area (Å²) >= 11 is 11.8. The largest absolute Gasteiger partial charge is 0.438 e. The number of rotatable bonds is 5. The van der Waals surface area contributed by atoms with E-state index < -0.39 is 18.0 Å². The van der Waals surface area contributed by atoms with Crippen molar-refractivity contribution < 1.29 is 14.3 Å². The van der Waals surface area contributed by atoms with Crippen molar-refractivity contribution in [1.82, 2.24) is 15.6 Å². The predicted octanol–water partition coefficient (Wildman–Crippen LogP) is 3.44. The summed E-state index contributed by atoms with van der Waals surface area (Å²) in [7, 11) is 1.43. The number of anilines is 1. The molecule has 1 heterocycles. The Morgan fingerprint density at radius 1 is 1.20 bits per heavy atom. The average Bonchev–Trinajstić information content (AvgIpc) is 2.58. The van der Waals surface area contributed by atoms with Gasteiger partial charge >= 0.3 is 6.03 Å². The Bertz CT molecular complexity index is 768. The molecule has 3 amide bonds. The number of aromatic nitrogens is 1. The first kappa shape index (κ1) is 18.8. The maximum absolute atomic E-state index is 11.8. The topological polar surface area (TPSA) is 92.4 Å². The molecular formula is C16H16Cl2N4O3. The first-order valence-electron chi connectivity index (χ1n) is 7.27. The lowest BCUT2D eigenvalue weighted by Crippen LogP contribution is -2.44. The van der Waals surface area contributed by atoms with Gasteiger partial charge in [0.05, 0.1) is 5.02 Å². The second kappa shape index (κ2) is 8.55. The zero-order chi connectivity index (χ0) is 18.4. The molecule has 0 radical (unpaired) electrons. The summed E-state index contributed by atoms with van der Waals surface area (Å²) in [6, 6.07) is 7.21. The number of imide groups is 1. The molecule has 25 heavy (non-hydrogen) atoms. The standard InChI is InChI=1S/C16H16Cl2N4O3/c1-9(14(23)22-16(24)19-2)21-11-3-5-12(6-4-11)25-15-13(18)7-10(17)8-20-15/h3-9,21H,1-2H3,(H2,19,22,23,24). The van der Waals surface area contributed by atoms with Gasteiger partial charge in [-0.2, -0.15) is 0 Å². The lowest BCUT2D eigenvalue weighted by atomic mass is 10.2. The van der Waals surface area contributed by atoms with Gasteiger partial charge in [-0.25, -0.2) is 9.78 Å². The molecule has 0 aliphatic carbocycles. The number of carbonyl (C=O) groups excluding carboxylic acids is 2. The second-order valence-corrected chi connectivity index (χ2v) is 5.84. The van der Waals surface area contributed by atoms with Crippen LogP contribution in [0.2, 0.25) is 10.0 Å². The van der Waals surface area contributed by atoms with E-state index in [4.69, 9.17) is 27.9 Å². The van der Waals surface area contributed by atoms with Crippen LogP contribution in [0.4, 0.5) is 10.5 Å². The number of urea groups is 1. The number of nitrogens with one attached hydrogen (secondary N) is 3.